The highest BCUT2D eigenvalue weighted by atomic mass is 79.9. The fraction of sp³-hybridized carbons (Fsp3) is 0.364. The van der Waals surface area contributed by atoms with Crippen molar-refractivity contribution in [2.75, 3.05) is 0 Å². The van der Waals surface area contributed by atoms with Gasteiger partial charge in [0.15, 0.2) is 0 Å². The Labute approximate surface area is 97.7 Å². The molecule has 0 spiro atoms. The normalized spacial score (nSPS) is 10.4. The number of carbonyl (C=O) groups excluding carboxylic acids is 1. The van der Waals surface area contributed by atoms with Crippen molar-refractivity contribution in [3.05, 3.63) is 28.2 Å². The van der Waals surface area contributed by atoms with Crippen LogP contribution in [0.4, 0.5) is 0 Å². The van der Waals surface area contributed by atoms with E-state index in [1.807, 2.05) is 32.0 Å². The van der Waals surface area contributed by atoms with Crippen LogP contribution in [0, 0.1) is 0 Å². The van der Waals surface area contributed by atoms with Crippen molar-refractivity contribution >= 4 is 21.8 Å². The van der Waals surface area contributed by atoms with Gasteiger partial charge in [-0.15, -0.1) is 0 Å². The smallest absolute Gasteiger partial charge is 0.221 e. The van der Waals surface area contributed by atoms with E-state index in [-0.39, 0.29) is 18.4 Å². The van der Waals surface area contributed by atoms with E-state index in [4.69, 9.17) is 10.5 Å². The number of benzene rings is 1. The maximum absolute atomic E-state index is 10.7. The highest BCUT2D eigenvalue weighted by Crippen LogP contribution is 2.26. The van der Waals surface area contributed by atoms with Gasteiger partial charge in [-0.2, -0.15) is 0 Å². The van der Waals surface area contributed by atoms with Gasteiger partial charge in [0.1, 0.15) is 5.75 Å². The number of halogens is 1. The van der Waals surface area contributed by atoms with Crippen molar-refractivity contribution in [3.63, 3.8) is 0 Å². The van der Waals surface area contributed by atoms with E-state index in [0.717, 1.165) is 15.8 Å². The average molecular weight is 272 g/mol. The zero-order valence-corrected chi connectivity index (χ0v) is 10.4. The quantitative estimate of drug-likeness (QED) is 0.914. The topological polar surface area (TPSA) is 52.3 Å². The molecule has 0 unspecified atom stereocenters. The fourth-order valence-corrected chi connectivity index (χ4v) is 1.72. The van der Waals surface area contributed by atoms with Crippen LogP contribution in [0.25, 0.3) is 0 Å². The molecule has 1 rings (SSSR count). The minimum absolute atomic E-state index is 0.128. The number of carbonyl (C=O) groups is 1. The predicted octanol–water partition coefficient (Wildman–Crippen LogP) is 2.26. The summed E-state index contributed by atoms with van der Waals surface area (Å²) in [6.07, 6.45) is 0.379. The van der Waals surface area contributed by atoms with Crippen LogP contribution in [-0.4, -0.2) is 12.0 Å². The molecule has 1 aromatic carbocycles. The maximum atomic E-state index is 10.7. The Bertz CT molecular complexity index is 364. The molecule has 1 amide bonds. The summed E-state index contributed by atoms with van der Waals surface area (Å²) < 4.78 is 6.38. The zero-order valence-electron chi connectivity index (χ0n) is 8.79. The molecule has 0 atom stereocenters. The minimum Gasteiger partial charge on any atom is -0.490 e. The van der Waals surface area contributed by atoms with E-state index in [2.05, 4.69) is 15.9 Å². The molecule has 3 nitrogen and oxygen atoms in total. The Kier molecular flexibility index (Phi) is 4.15. The summed E-state index contributed by atoms with van der Waals surface area (Å²) in [6.45, 7) is 3.92. The molecule has 2 N–H and O–H groups in total. The first kappa shape index (κ1) is 12.0. The van der Waals surface area contributed by atoms with Gasteiger partial charge in [-0.05, 0) is 47.5 Å². The van der Waals surface area contributed by atoms with Crippen LogP contribution in [0.5, 0.6) is 5.75 Å². The molecular weight excluding hydrogens is 258 g/mol. The fourth-order valence-electron chi connectivity index (χ4n) is 1.20. The molecule has 4 heteroatoms. The SMILES string of the molecule is CC(C)Oc1ccc(CC(N)=O)cc1Br. The molecule has 0 saturated heterocycles. The van der Waals surface area contributed by atoms with Gasteiger partial charge >= 0.3 is 0 Å². The van der Waals surface area contributed by atoms with Crippen LogP contribution in [0.3, 0.4) is 0 Å². The summed E-state index contributed by atoms with van der Waals surface area (Å²) in [5.74, 6) is 0.442. The van der Waals surface area contributed by atoms with Gasteiger partial charge in [0.2, 0.25) is 5.91 Å². The van der Waals surface area contributed by atoms with E-state index in [1.165, 1.54) is 0 Å². The second kappa shape index (κ2) is 5.16. The maximum Gasteiger partial charge on any atom is 0.221 e. The number of primary amides is 1. The Hall–Kier alpha value is -1.03. The van der Waals surface area contributed by atoms with Crippen molar-refractivity contribution in [1.82, 2.24) is 0 Å². The van der Waals surface area contributed by atoms with E-state index >= 15 is 0 Å². The van der Waals surface area contributed by atoms with E-state index in [9.17, 15) is 4.79 Å². The van der Waals surface area contributed by atoms with E-state index < -0.39 is 0 Å². The second-order valence-electron chi connectivity index (χ2n) is 3.57. The Balaban J connectivity index is 2.83. The second-order valence-corrected chi connectivity index (χ2v) is 4.43. The van der Waals surface area contributed by atoms with Crippen LogP contribution < -0.4 is 10.5 Å². The Morgan fingerprint density at radius 2 is 2.20 bits per heavy atom. The molecular formula is C11H14BrNO2. The number of hydrogen-bond donors (Lipinski definition) is 1. The number of hydrogen-bond acceptors (Lipinski definition) is 2. The van der Waals surface area contributed by atoms with Crippen molar-refractivity contribution in [2.24, 2.45) is 5.73 Å². The molecule has 1 aromatic rings. The van der Waals surface area contributed by atoms with Gasteiger partial charge < -0.3 is 10.5 Å². The number of nitrogens with two attached hydrogens (primary N) is 1. The lowest BCUT2D eigenvalue weighted by Gasteiger charge is -2.12. The van der Waals surface area contributed by atoms with Crippen molar-refractivity contribution in [1.29, 1.82) is 0 Å². The van der Waals surface area contributed by atoms with Crippen LogP contribution in [-0.2, 0) is 11.2 Å². The van der Waals surface area contributed by atoms with Crippen molar-refractivity contribution in [2.45, 2.75) is 26.4 Å². The van der Waals surface area contributed by atoms with Crippen LogP contribution >= 0.6 is 15.9 Å². The number of ether oxygens (including phenoxy) is 1. The summed E-state index contributed by atoms with van der Waals surface area (Å²) in [4.78, 5) is 10.7. The van der Waals surface area contributed by atoms with E-state index in [0.29, 0.717) is 0 Å². The first-order valence-electron chi connectivity index (χ1n) is 4.72. The molecule has 0 aliphatic carbocycles. The predicted molar refractivity (Wildman–Crippen MR) is 62.8 cm³/mol. The molecule has 0 fully saturated rings. The molecule has 15 heavy (non-hydrogen) atoms. The summed E-state index contributed by atoms with van der Waals surface area (Å²) in [5, 5.41) is 0. The van der Waals surface area contributed by atoms with Crippen molar-refractivity contribution < 1.29 is 9.53 Å². The first-order chi connectivity index (χ1) is 6.99. The summed E-state index contributed by atoms with van der Waals surface area (Å²) >= 11 is 3.39. The number of amides is 1. The Morgan fingerprint density at radius 3 is 2.67 bits per heavy atom. The highest BCUT2D eigenvalue weighted by Gasteiger charge is 2.05. The first-order valence-corrected chi connectivity index (χ1v) is 5.51. The highest BCUT2D eigenvalue weighted by molar-refractivity contribution is 9.10. The average Bonchev–Trinajstić information content (AvgIpc) is 2.08. The van der Waals surface area contributed by atoms with Crippen LogP contribution in [0.1, 0.15) is 19.4 Å². The summed E-state index contributed by atoms with van der Waals surface area (Å²) in [5.41, 5.74) is 5.99. The Morgan fingerprint density at radius 1 is 1.53 bits per heavy atom. The molecule has 82 valence electrons. The molecule has 0 radical (unpaired) electrons. The van der Waals surface area contributed by atoms with Crippen LogP contribution in [0.15, 0.2) is 22.7 Å². The lowest BCUT2D eigenvalue weighted by Crippen LogP contribution is -2.13. The molecule has 0 aromatic heterocycles. The number of rotatable bonds is 4. The monoisotopic (exact) mass is 271 g/mol. The summed E-state index contributed by atoms with van der Waals surface area (Å²) in [6, 6.07) is 5.53. The minimum atomic E-state index is -0.334. The molecule has 0 aliphatic rings. The molecule has 0 heterocycles. The standard InChI is InChI=1S/C11H14BrNO2/c1-7(2)15-10-4-3-8(5-9(10)12)6-11(13)14/h3-5,7H,6H2,1-2H3,(H2,13,14). The van der Waals surface area contributed by atoms with Gasteiger partial charge in [0.05, 0.1) is 17.0 Å². The van der Waals surface area contributed by atoms with E-state index in [1.54, 1.807) is 0 Å². The van der Waals surface area contributed by atoms with Gasteiger partial charge in [-0.3, -0.25) is 4.79 Å². The van der Waals surface area contributed by atoms with Gasteiger partial charge in [0.25, 0.3) is 0 Å². The third-order valence-electron chi connectivity index (χ3n) is 1.74. The van der Waals surface area contributed by atoms with Gasteiger partial charge in [-0.25, -0.2) is 0 Å². The van der Waals surface area contributed by atoms with Gasteiger partial charge in [0, 0.05) is 0 Å². The lowest BCUT2D eigenvalue weighted by molar-refractivity contribution is -0.117. The zero-order chi connectivity index (χ0) is 11.4. The molecule has 0 bridgehead atoms. The largest absolute Gasteiger partial charge is 0.490 e. The third-order valence-corrected chi connectivity index (χ3v) is 2.36. The molecule has 0 aliphatic heterocycles. The summed E-state index contributed by atoms with van der Waals surface area (Å²) in [7, 11) is 0. The third kappa shape index (κ3) is 3.91. The van der Waals surface area contributed by atoms with Crippen LogP contribution in [0.2, 0.25) is 0 Å². The molecule has 0 saturated carbocycles. The van der Waals surface area contributed by atoms with Crippen molar-refractivity contribution in [3.8, 4) is 5.75 Å². The van der Waals surface area contributed by atoms with Gasteiger partial charge in [-0.1, -0.05) is 6.07 Å². The lowest BCUT2D eigenvalue weighted by atomic mass is 10.1.